The quantitative estimate of drug-likeness (QED) is 0.625. The van der Waals surface area contributed by atoms with Crippen LogP contribution in [0.2, 0.25) is 0 Å². The molecule has 0 heterocycles. The molecule has 0 saturated heterocycles. The van der Waals surface area contributed by atoms with Gasteiger partial charge in [-0.25, -0.2) is 8.42 Å². The van der Waals surface area contributed by atoms with Gasteiger partial charge in [-0.15, -0.1) is 0 Å². The van der Waals surface area contributed by atoms with E-state index in [0.717, 1.165) is 11.8 Å². The van der Waals surface area contributed by atoms with Crippen LogP contribution in [0.15, 0.2) is 29.2 Å². The number of carbonyl (C=O) groups is 1. The van der Waals surface area contributed by atoms with Crippen molar-refractivity contribution in [3.63, 3.8) is 0 Å². The van der Waals surface area contributed by atoms with Crippen molar-refractivity contribution in [1.82, 2.24) is 0 Å². The Hall–Kier alpha value is -0.680. The normalized spacial score (nSPS) is 13.5. The first-order chi connectivity index (χ1) is 6.93. The maximum absolute atomic E-state index is 11.2. The summed E-state index contributed by atoms with van der Waals surface area (Å²) >= 11 is 3.19. The second kappa shape index (κ2) is 4.90. The highest BCUT2D eigenvalue weighted by molar-refractivity contribution is 9.09. The monoisotopic (exact) mass is 290 g/mol. The number of halogens is 1. The van der Waals surface area contributed by atoms with E-state index in [1.165, 1.54) is 6.26 Å². The minimum absolute atomic E-state index is 0.221. The van der Waals surface area contributed by atoms with Gasteiger partial charge in [0.25, 0.3) is 0 Å². The predicted octanol–water partition coefficient (Wildman–Crippen LogP) is 1.60. The van der Waals surface area contributed by atoms with Crippen LogP contribution in [0.5, 0.6) is 0 Å². The number of sulfone groups is 1. The van der Waals surface area contributed by atoms with Gasteiger partial charge in [-0.3, -0.25) is 0 Å². The van der Waals surface area contributed by atoms with E-state index < -0.39 is 9.84 Å². The van der Waals surface area contributed by atoms with Gasteiger partial charge in [0, 0.05) is 6.26 Å². The fraction of sp³-hybridized carbons (Fsp3) is 0.300. The summed E-state index contributed by atoms with van der Waals surface area (Å²) < 4.78 is 22.3. The molecule has 0 amide bonds. The molecule has 15 heavy (non-hydrogen) atoms. The SMILES string of the molecule is CS(=O)(=O)c1ccc(CC(Br)C=O)cc1. The number of hydrogen-bond donors (Lipinski definition) is 0. The van der Waals surface area contributed by atoms with E-state index in [1.807, 2.05) is 0 Å². The molecule has 5 heteroatoms. The number of alkyl halides is 1. The molecule has 0 aliphatic carbocycles. The average Bonchev–Trinajstić information content (AvgIpc) is 2.17. The summed E-state index contributed by atoms with van der Waals surface area (Å²) in [5.74, 6) is 0. The average molecular weight is 291 g/mol. The third-order valence-electron chi connectivity index (χ3n) is 1.93. The molecule has 1 atom stereocenters. The van der Waals surface area contributed by atoms with E-state index >= 15 is 0 Å². The lowest BCUT2D eigenvalue weighted by atomic mass is 10.1. The van der Waals surface area contributed by atoms with Gasteiger partial charge in [0.2, 0.25) is 0 Å². The zero-order chi connectivity index (χ0) is 11.5. The third kappa shape index (κ3) is 3.76. The summed E-state index contributed by atoms with van der Waals surface area (Å²) in [6.45, 7) is 0. The van der Waals surface area contributed by atoms with Crippen molar-refractivity contribution in [3.05, 3.63) is 29.8 Å². The summed E-state index contributed by atoms with van der Waals surface area (Å²) in [5.41, 5.74) is 0.927. The summed E-state index contributed by atoms with van der Waals surface area (Å²) in [7, 11) is -3.13. The first-order valence-corrected chi connectivity index (χ1v) is 7.12. The molecule has 0 aliphatic rings. The molecule has 1 rings (SSSR count). The first-order valence-electron chi connectivity index (χ1n) is 4.32. The minimum atomic E-state index is -3.13. The van der Waals surface area contributed by atoms with E-state index in [9.17, 15) is 13.2 Å². The molecule has 0 saturated carbocycles. The van der Waals surface area contributed by atoms with Gasteiger partial charge in [-0.05, 0) is 24.1 Å². The molecule has 1 aromatic carbocycles. The smallest absolute Gasteiger partial charge is 0.175 e. The van der Waals surface area contributed by atoms with Crippen LogP contribution in [0.3, 0.4) is 0 Å². The highest BCUT2D eigenvalue weighted by Crippen LogP contribution is 2.13. The van der Waals surface area contributed by atoms with Crippen LogP contribution in [-0.4, -0.2) is 25.8 Å². The maximum atomic E-state index is 11.2. The van der Waals surface area contributed by atoms with Crippen LogP contribution < -0.4 is 0 Å². The Bertz CT molecular complexity index is 436. The highest BCUT2D eigenvalue weighted by atomic mass is 79.9. The predicted molar refractivity (Wildman–Crippen MR) is 62.0 cm³/mol. The number of carbonyl (C=O) groups excluding carboxylic acids is 1. The molecule has 0 aliphatic heterocycles. The van der Waals surface area contributed by atoms with Gasteiger partial charge in [0.1, 0.15) is 6.29 Å². The van der Waals surface area contributed by atoms with Crippen molar-refractivity contribution in [2.24, 2.45) is 0 Å². The van der Waals surface area contributed by atoms with E-state index in [0.29, 0.717) is 11.3 Å². The van der Waals surface area contributed by atoms with E-state index in [1.54, 1.807) is 24.3 Å². The molecule has 3 nitrogen and oxygen atoms in total. The Morgan fingerprint density at radius 3 is 2.27 bits per heavy atom. The standard InChI is InChI=1S/C10H11BrO3S/c1-15(13,14)10-4-2-8(3-5-10)6-9(11)7-12/h2-5,7,9H,6H2,1H3. The number of hydrogen-bond acceptors (Lipinski definition) is 3. The molecule has 0 fully saturated rings. The minimum Gasteiger partial charge on any atom is -0.302 e. The molecule has 0 aromatic heterocycles. The van der Waals surface area contributed by atoms with E-state index in [4.69, 9.17) is 0 Å². The van der Waals surface area contributed by atoms with Crippen molar-refractivity contribution in [2.75, 3.05) is 6.26 Å². The maximum Gasteiger partial charge on any atom is 0.175 e. The van der Waals surface area contributed by atoms with Crippen molar-refractivity contribution in [2.45, 2.75) is 16.1 Å². The van der Waals surface area contributed by atoms with E-state index in [2.05, 4.69) is 15.9 Å². The number of aldehydes is 1. The fourth-order valence-corrected chi connectivity index (χ4v) is 2.15. The third-order valence-corrected chi connectivity index (χ3v) is 3.60. The van der Waals surface area contributed by atoms with Gasteiger partial charge in [0.15, 0.2) is 9.84 Å². The highest BCUT2D eigenvalue weighted by Gasteiger charge is 2.07. The van der Waals surface area contributed by atoms with Crippen molar-refractivity contribution >= 4 is 32.1 Å². The molecule has 0 bridgehead atoms. The zero-order valence-electron chi connectivity index (χ0n) is 8.18. The topological polar surface area (TPSA) is 51.2 Å². The second-order valence-corrected chi connectivity index (χ2v) is 6.46. The number of benzene rings is 1. The van der Waals surface area contributed by atoms with Crippen LogP contribution in [0, 0.1) is 0 Å². The summed E-state index contributed by atoms with van der Waals surface area (Å²) in [4.78, 5) is 10.5. The van der Waals surface area contributed by atoms with Crippen molar-refractivity contribution in [3.8, 4) is 0 Å². The summed E-state index contributed by atoms with van der Waals surface area (Å²) in [6, 6.07) is 6.53. The first kappa shape index (κ1) is 12.4. The Labute approximate surface area is 97.5 Å². The molecule has 1 unspecified atom stereocenters. The van der Waals surface area contributed by atoms with Crippen LogP contribution in [0.4, 0.5) is 0 Å². The van der Waals surface area contributed by atoms with E-state index in [-0.39, 0.29) is 4.83 Å². The van der Waals surface area contributed by atoms with Crippen LogP contribution in [0.25, 0.3) is 0 Å². The molecule has 0 spiro atoms. The molecule has 82 valence electrons. The Kier molecular flexibility index (Phi) is 4.04. The number of rotatable bonds is 4. The van der Waals surface area contributed by atoms with Crippen LogP contribution in [0.1, 0.15) is 5.56 Å². The Morgan fingerprint density at radius 1 is 1.33 bits per heavy atom. The van der Waals surface area contributed by atoms with Gasteiger partial charge in [-0.1, -0.05) is 28.1 Å². The van der Waals surface area contributed by atoms with Crippen molar-refractivity contribution < 1.29 is 13.2 Å². The lowest BCUT2D eigenvalue weighted by Crippen LogP contribution is -2.04. The van der Waals surface area contributed by atoms with Crippen molar-refractivity contribution in [1.29, 1.82) is 0 Å². The van der Waals surface area contributed by atoms with Gasteiger partial charge in [0.05, 0.1) is 9.72 Å². The van der Waals surface area contributed by atoms with Gasteiger partial charge < -0.3 is 4.79 Å². The van der Waals surface area contributed by atoms with Crippen LogP contribution in [-0.2, 0) is 21.1 Å². The lowest BCUT2D eigenvalue weighted by Gasteiger charge is -2.03. The molecular weight excluding hydrogens is 280 g/mol. The fourth-order valence-electron chi connectivity index (χ4n) is 1.15. The zero-order valence-corrected chi connectivity index (χ0v) is 10.6. The Morgan fingerprint density at radius 2 is 1.87 bits per heavy atom. The summed E-state index contributed by atoms with van der Waals surface area (Å²) in [6.07, 6.45) is 2.54. The Balaban J connectivity index is 2.86. The van der Waals surface area contributed by atoms with Gasteiger partial charge >= 0.3 is 0 Å². The molecule has 1 aromatic rings. The lowest BCUT2D eigenvalue weighted by molar-refractivity contribution is -0.107. The largest absolute Gasteiger partial charge is 0.302 e. The molecule has 0 radical (unpaired) electrons. The molecule has 0 N–H and O–H groups in total. The second-order valence-electron chi connectivity index (χ2n) is 3.27. The summed E-state index contributed by atoms with van der Waals surface area (Å²) in [5, 5.41) is 0. The molecular formula is C10H11BrO3S. The van der Waals surface area contributed by atoms with Crippen LogP contribution >= 0.6 is 15.9 Å². The van der Waals surface area contributed by atoms with Gasteiger partial charge in [-0.2, -0.15) is 0 Å².